The molecule has 0 saturated carbocycles. The Bertz CT molecular complexity index is 620. The summed E-state index contributed by atoms with van der Waals surface area (Å²) in [5.74, 6) is 0.133. The van der Waals surface area contributed by atoms with Crippen LogP contribution in [0.2, 0.25) is 0 Å². The van der Waals surface area contributed by atoms with Gasteiger partial charge >= 0.3 is 6.18 Å². The lowest BCUT2D eigenvalue weighted by atomic mass is 10.3. The van der Waals surface area contributed by atoms with Gasteiger partial charge in [0.2, 0.25) is 0 Å². The van der Waals surface area contributed by atoms with E-state index in [0.29, 0.717) is 9.90 Å². The van der Waals surface area contributed by atoms with Crippen LogP contribution >= 0.6 is 23.1 Å². The van der Waals surface area contributed by atoms with Crippen LogP contribution in [0.15, 0.2) is 35.5 Å². The summed E-state index contributed by atoms with van der Waals surface area (Å²) in [6.07, 6.45) is -2.72. The summed E-state index contributed by atoms with van der Waals surface area (Å²) in [5.41, 5.74) is -0.788. The zero-order valence-electron chi connectivity index (χ0n) is 11.1. The molecule has 0 aliphatic rings. The molecule has 0 unspecified atom stereocenters. The van der Waals surface area contributed by atoms with Crippen molar-refractivity contribution in [3.63, 3.8) is 0 Å². The largest absolute Gasteiger partial charge is 0.417 e. The Kier molecular flexibility index (Phi) is 5.05. The molecule has 0 radical (unpaired) electrons. The quantitative estimate of drug-likeness (QED) is 0.587. The number of rotatable bonds is 5. The Balaban J connectivity index is 1.95. The number of halogens is 3. The molecule has 0 spiro atoms. The molecule has 0 aliphatic carbocycles. The average Bonchev–Trinajstić information content (AvgIpc) is 2.93. The lowest BCUT2D eigenvalue weighted by Crippen LogP contribution is -2.05. The van der Waals surface area contributed by atoms with Crippen molar-refractivity contribution in [2.75, 3.05) is 5.75 Å². The Hall–Kier alpha value is -1.34. The highest BCUT2D eigenvalue weighted by atomic mass is 32.2. The number of thiophene rings is 1. The van der Waals surface area contributed by atoms with Gasteiger partial charge in [0.05, 0.1) is 21.2 Å². The van der Waals surface area contributed by atoms with E-state index in [2.05, 4.69) is 4.98 Å². The molecule has 0 saturated heterocycles. The number of carbonyl (C=O) groups is 1. The topological polar surface area (TPSA) is 30.0 Å². The van der Waals surface area contributed by atoms with Crippen LogP contribution in [0.5, 0.6) is 0 Å². The highest BCUT2D eigenvalue weighted by Crippen LogP contribution is 2.29. The second-order valence-electron chi connectivity index (χ2n) is 4.21. The zero-order valence-corrected chi connectivity index (χ0v) is 12.7. The number of thioether (sulfide) groups is 1. The smallest absolute Gasteiger partial charge is 0.292 e. The second kappa shape index (κ2) is 6.62. The van der Waals surface area contributed by atoms with Crippen LogP contribution in [0.25, 0.3) is 0 Å². The number of Topliss-reactive ketones (excluding diaryl/α,β-unsaturated/α-hetero) is 1. The minimum absolute atomic E-state index is 0.0357. The van der Waals surface area contributed by atoms with Gasteiger partial charge in [-0.25, -0.2) is 4.98 Å². The highest BCUT2D eigenvalue weighted by Gasteiger charge is 2.30. The molecule has 0 aliphatic heterocycles. The maximum atomic E-state index is 12.4. The summed E-state index contributed by atoms with van der Waals surface area (Å²) < 4.78 is 37.2. The molecule has 2 rings (SSSR count). The molecule has 0 N–H and O–H groups in total. The molecule has 0 aromatic carbocycles. The van der Waals surface area contributed by atoms with E-state index in [1.165, 1.54) is 17.4 Å². The van der Waals surface area contributed by atoms with Gasteiger partial charge in [-0.1, -0.05) is 18.7 Å². The van der Waals surface area contributed by atoms with Gasteiger partial charge in [-0.15, -0.1) is 11.3 Å². The monoisotopic (exact) mass is 331 g/mol. The van der Waals surface area contributed by atoms with E-state index in [9.17, 15) is 18.0 Å². The van der Waals surface area contributed by atoms with Crippen LogP contribution in [0, 0.1) is 0 Å². The predicted molar refractivity (Wildman–Crippen MR) is 78.0 cm³/mol. The van der Waals surface area contributed by atoms with Crippen LogP contribution in [0.4, 0.5) is 13.2 Å². The number of carbonyl (C=O) groups excluding carboxylic acids is 1. The SMILES string of the molecule is CCc1ccc(C(=O)CSc2ccc(C(F)(F)F)cn2)s1. The zero-order chi connectivity index (χ0) is 15.5. The first-order valence-corrected chi connectivity index (χ1v) is 7.98. The molecule has 0 amide bonds. The molecule has 2 nitrogen and oxygen atoms in total. The number of alkyl halides is 3. The Morgan fingerprint density at radius 3 is 2.57 bits per heavy atom. The van der Waals surface area contributed by atoms with Crippen molar-refractivity contribution in [1.82, 2.24) is 4.98 Å². The summed E-state index contributed by atoms with van der Waals surface area (Å²) in [7, 11) is 0. The first kappa shape index (κ1) is 16.0. The lowest BCUT2D eigenvalue weighted by Gasteiger charge is -2.06. The minimum atomic E-state index is -4.39. The number of nitrogens with zero attached hydrogens (tertiary/aromatic N) is 1. The number of aryl methyl sites for hydroxylation is 1. The van der Waals surface area contributed by atoms with E-state index >= 15 is 0 Å². The molecule has 2 aromatic heterocycles. The van der Waals surface area contributed by atoms with Crippen molar-refractivity contribution in [2.24, 2.45) is 0 Å². The van der Waals surface area contributed by atoms with E-state index < -0.39 is 11.7 Å². The third kappa shape index (κ3) is 4.31. The molecule has 7 heteroatoms. The lowest BCUT2D eigenvalue weighted by molar-refractivity contribution is -0.137. The number of aromatic nitrogens is 1. The minimum Gasteiger partial charge on any atom is -0.292 e. The van der Waals surface area contributed by atoms with Crippen molar-refractivity contribution in [3.8, 4) is 0 Å². The van der Waals surface area contributed by atoms with Gasteiger partial charge in [0, 0.05) is 11.1 Å². The van der Waals surface area contributed by atoms with Crippen molar-refractivity contribution in [2.45, 2.75) is 24.5 Å². The Morgan fingerprint density at radius 2 is 2.05 bits per heavy atom. The van der Waals surface area contributed by atoms with Crippen molar-refractivity contribution in [1.29, 1.82) is 0 Å². The molecule has 112 valence electrons. The average molecular weight is 331 g/mol. The second-order valence-corrected chi connectivity index (χ2v) is 6.38. The van der Waals surface area contributed by atoms with Crippen molar-refractivity contribution >= 4 is 28.9 Å². The third-order valence-electron chi connectivity index (χ3n) is 2.70. The van der Waals surface area contributed by atoms with Crippen molar-refractivity contribution in [3.05, 3.63) is 45.8 Å². The summed E-state index contributed by atoms with van der Waals surface area (Å²) in [6.45, 7) is 2.01. The normalized spacial score (nSPS) is 11.6. The highest BCUT2D eigenvalue weighted by molar-refractivity contribution is 7.99. The number of hydrogen-bond acceptors (Lipinski definition) is 4. The van der Waals surface area contributed by atoms with Crippen molar-refractivity contribution < 1.29 is 18.0 Å². The molecule has 2 heterocycles. The van der Waals surface area contributed by atoms with Gasteiger partial charge < -0.3 is 0 Å². The fraction of sp³-hybridized carbons (Fsp3) is 0.286. The van der Waals surface area contributed by atoms with Gasteiger partial charge in [-0.2, -0.15) is 13.2 Å². The van der Waals surface area contributed by atoms with Gasteiger partial charge in [0.25, 0.3) is 0 Å². The van der Waals surface area contributed by atoms with Crippen LogP contribution in [0.3, 0.4) is 0 Å². The van der Waals surface area contributed by atoms with E-state index in [-0.39, 0.29) is 11.5 Å². The molecule has 0 bridgehead atoms. The molecule has 2 aromatic rings. The van der Waals surface area contributed by atoms with Crippen LogP contribution in [-0.2, 0) is 12.6 Å². The molecular weight excluding hydrogens is 319 g/mol. The van der Waals surface area contributed by atoms with E-state index in [1.54, 1.807) is 6.07 Å². The van der Waals surface area contributed by atoms with E-state index in [0.717, 1.165) is 35.3 Å². The van der Waals surface area contributed by atoms with Crippen LogP contribution in [0.1, 0.15) is 27.0 Å². The number of hydrogen-bond donors (Lipinski definition) is 0. The van der Waals surface area contributed by atoms with E-state index in [1.807, 2.05) is 13.0 Å². The number of pyridine rings is 1. The van der Waals surface area contributed by atoms with E-state index in [4.69, 9.17) is 0 Å². The van der Waals surface area contributed by atoms with Gasteiger partial charge in [-0.05, 0) is 30.7 Å². The fourth-order valence-electron chi connectivity index (χ4n) is 1.56. The number of ketones is 1. The Labute approximate surface area is 128 Å². The van der Waals surface area contributed by atoms with Crippen LogP contribution < -0.4 is 0 Å². The maximum absolute atomic E-state index is 12.4. The summed E-state index contributed by atoms with van der Waals surface area (Å²) in [6, 6.07) is 5.96. The first-order chi connectivity index (χ1) is 9.90. The molecule has 0 atom stereocenters. The summed E-state index contributed by atoms with van der Waals surface area (Å²) in [4.78, 5) is 17.5. The molecule has 0 fully saturated rings. The maximum Gasteiger partial charge on any atom is 0.417 e. The summed E-state index contributed by atoms with van der Waals surface area (Å²) in [5, 5.41) is 0.406. The molecular formula is C14H12F3NOS2. The van der Waals surface area contributed by atoms with Gasteiger partial charge in [-0.3, -0.25) is 4.79 Å². The van der Waals surface area contributed by atoms with Gasteiger partial charge in [0.15, 0.2) is 5.78 Å². The first-order valence-electron chi connectivity index (χ1n) is 6.18. The summed E-state index contributed by atoms with van der Waals surface area (Å²) >= 11 is 2.59. The molecule has 21 heavy (non-hydrogen) atoms. The Morgan fingerprint density at radius 1 is 1.29 bits per heavy atom. The third-order valence-corrected chi connectivity index (χ3v) is 4.91. The van der Waals surface area contributed by atoms with Crippen LogP contribution in [-0.4, -0.2) is 16.5 Å². The van der Waals surface area contributed by atoms with Gasteiger partial charge in [0.1, 0.15) is 0 Å². The fourth-order valence-corrected chi connectivity index (χ4v) is 3.26. The predicted octanol–water partition coefficient (Wildman–Crippen LogP) is 4.70. The standard InChI is InChI=1S/C14H12F3NOS2/c1-2-10-4-5-12(21-10)11(19)8-20-13-6-3-9(7-18-13)14(15,16)17/h3-7H,2,8H2,1H3.